The molecule has 34 valence electrons. The molecular weight excluding hydrogens is 92.7 g/mol. The van der Waals surface area contributed by atoms with E-state index in [-0.39, 0.29) is 37.7 Å². The van der Waals surface area contributed by atoms with Crippen molar-refractivity contribution < 1.29 is 47.8 Å². The Bertz CT molecular complexity index is 57.2. The molecule has 0 bridgehead atoms. The van der Waals surface area contributed by atoms with Crippen molar-refractivity contribution in [1.82, 2.24) is 0 Å². The molecule has 0 aliphatic carbocycles. The van der Waals surface area contributed by atoms with Gasteiger partial charge < -0.3 is 10.0 Å². The zero-order chi connectivity index (χ0) is 4.99. The normalized spacial score (nSPS) is 7.38. The summed E-state index contributed by atoms with van der Waals surface area (Å²) in [4.78, 5) is 0. The van der Waals surface area contributed by atoms with Gasteiger partial charge in [0.25, 0.3) is 0 Å². The van der Waals surface area contributed by atoms with Crippen LogP contribution >= 0.6 is 0 Å². The van der Waals surface area contributed by atoms with Crippen molar-refractivity contribution in [2.75, 3.05) is 0 Å². The van der Waals surface area contributed by atoms with E-state index in [2.05, 4.69) is 0 Å². The molecule has 8 heavy (non-hydrogen) atoms. The molecule has 0 spiro atoms. The fraction of sp³-hybridized carbons (Fsp3) is 0.333. The SMILES string of the molecule is CC=CB([O-])[O-].[Li+].[Li+]. The molecule has 0 aromatic heterocycles. The van der Waals surface area contributed by atoms with Crippen LogP contribution in [0.25, 0.3) is 0 Å². The standard InChI is InChI=1S/C3H5BO2.2Li/c1-2-3-4(5)6;;/h2-3H,1H3;;/q-2;2*+1. The Labute approximate surface area is 73.9 Å². The summed E-state index contributed by atoms with van der Waals surface area (Å²) in [6.45, 7) is 1.64. The molecule has 0 radical (unpaired) electrons. The molecule has 0 aliphatic rings. The first-order chi connectivity index (χ1) is 2.77. The minimum absolute atomic E-state index is 0. The maximum Gasteiger partial charge on any atom is 1.00 e. The van der Waals surface area contributed by atoms with Gasteiger partial charge >= 0.3 is 37.7 Å². The van der Waals surface area contributed by atoms with Crippen LogP contribution in [0.5, 0.6) is 0 Å². The van der Waals surface area contributed by atoms with E-state index < -0.39 is 7.12 Å². The second-order valence-corrected chi connectivity index (χ2v) is 0.894. The van der Waals surface area contributed by atoms with Gasteiger partial charge in [0.2, 0.25) is 0 Å². The smallest absolute Gasteiger partial charge is 0.890 e. The van der Waals surface area contributed by atoms with Crippen molar-refractivity contribution >= 4 is 7.12 Å². The molecular formula is C3H5BLi2O2. The van der Waals surface area contributed by atoms with Crippen LogP contribution in [0.15, 0.2) is 12.1 Å². The van der Waals surface area contributed by atoms with Crippen molar-refractivity contribution in [2.45, 2.75) is 6.92 Å². The van der Waals surface area contributed by atoms with E-state index in [4.69, 9.17) is 0 Å². The minimum atomic E-state index is -1.78. The average molecular weight is 97.8 g/mol. The summed E-state index contributed by atoms with van der Waals surface area (Å²) in [7, 11) is -1.78. The van der Waals surface area contributed by atoms with Crippen LogP contribution < -0.4 is 47.8 Å². The molecule has 0 N–H and O–H groups in total. The fourth-order valence-electron chi connectivity index (χ4n) is 0.157. The van der Waals surface area contributed by atoms with Crippen LogP contribution in [-0.2, 0) is 0 Å². The summed E-state index contributed by atoms with van der Waals surface area (Å²) in [6, 6.07) is 0. The first kappa shape index (κ1) is 16.0. The van der Waals surface area contributed by atoms with Crippen molar-refractivity contribution in [3.63, 3.8) is 0 Å². The monoisotopic (exact) mass is 98.1 g/mol. The number of allylic oxidation sites excluding steroid dienone is 1. The Hall–Kier alpha value is 0.920. The van der Waals surface area contributed by atoms with Crippen molar-refractivity contribution in [3.8, 4) is 0 Å². The van der Waals surface area contributed by atoms with Gasteiger partial charge in [-0.25, -0.2) is 0 Å². The molecule has 0 aromatic rings. The van der Waals surface area contributed by atoms with Gasteiger partial charge in [0.05, 0.1) is 0 Å². The fourth-order valence-corrected chi connectivity index (χ4v) is 0.157. The molecule has 0 aliphatic heterocycles. The Balaban J connectivity index is -0.000000125. The largest absolute Gasteiger partial charge is 1.00 e. The quantitative estimate of drug-likeness (QED) is 0.306. The van der Waals surface area contributed by atoms with Crippen LogP contribution in [-0.4, -0.2) is 7.12 Å². The van der Waals surface area contributed by atoms with E-state index in [1.54, 1.807) is 6.92 Å². The third-order valence-corrected chi connectivity index (χ3v) is 0.350. The molecule has 0 aromatic carbocycles. The van der Waals surface area contributed by atoms with Crippen LogP contribution in [0.1, 0.15) is 6.92 Å². The maximum absolute atomic E-state index is 9.48. The molecule has 0 atom stereocenters. The molecule has 0 saturated carbocycles. The molecule has 0 heterocycles. The van der Waals surface area contributed by atoms with E-state index in [0.717, 1.165) is 5.98 Å². The molecule has 0 amide bonds. The maximum atomic E-state index is 9.48. The Morgan fingerprint density at radius 3 is 1.62 bits per heavy atom. The van der Waals surface area contributed by atoms with Gasteiger partial charge in [0, 0.05) is 0 Å². The Morgan fingerprint density at radius 1 is 1.25 bits per heavy atom. The van der Waals surface area contributed by atoms with E-state index in [1.807, 2.05) is 0 Å². The predicted octanol–water partition coefficient (Wildman–Crippen LogP) is -7.68. The van der Waals surface area contributed by atoms with E-state index >= 15 is 0 Å². The first-order valence-electron chi connectivity index (χ1n) is 1.72. The van der Waals surface area contributed by atoms with Gasteiger partial charge in [0.1, 0.15) is 0 Å². The van der Waals surface area contributed by atoms with Gasteiger partial charge in [-0.1, -0.05) is 7.12 Å². The van der Waals surface area contributed by atoms with E-state index in [9.17, 15) is 10.0 Å². The molecule has 0 fully saturated rings. The van der Waals surface area contributed by atoms with E-state index in [0.29, 0.717) is 0 Å². The number of rotatable bonds is 1. The number of hydrogen-bond acceptors (Lipinski definition) is 2. The summed E-state index contributed by atoms with van der Waals surface area (Å²) in [6.07, 6.45) is 1.45. The van der Waals surface area contributed by atoms with Crippen molar-refractivity contribution in [2.24, 2.45) is 0 Å². The minimum Gasteiger partial charge on any atom is -0.890 e. The second kappa shape index (κ2) is 10.8. The van der Waals surface area contributed by atoms with Gasteiger partial charge in [-0.15, -0.1) is 6.08 Å². The van der Waals surface area contributed by atoms with E-state index in [1.165, 1.54) is 6.08 Å². The number of hydrogen-bond donors (Lipinski definition) is 0. The van der Waals surface area contributed by atoms with Crippen LogP contribution in [0.3, 0.4) is 0 Å². The molecule has 0 unspecified atom stereocenters. The Kier molecular flexibility index (Phi) is 21.6. The third-order valence-electron chi connectivity index (χ3n) is 0.350. The van der Waals surface area contributed by atoms with Gasteiger partial charge in [-0.2, -0.15) is 5.98 Å². The second-order valence-electron chi connectivity index (χ2n) is 0.894. The topological polar surface area (TPSA) is 46.1 Å². The van der Waals surface area contributed by atoms with Crippen molar-refractivity contribution in [1.29, 1.82) is 0 Å². The summed E-state index contributed by atoms with van der Waals surface area (Å²) >= 11 is 0. The molecule has 0 rings (SSSR count). The average Bonchev–Trinajstić information content (AvgIpc) is 1.35. The zero-order valence-corrected chi connectivity index (χ0v) is 5.55. The Morgan fingerprint density at radius 2 is 1.62 bits per heavy atom. The summed E-state index contributed by atoms with van der Waals surface area (Å²) in [5.74, 6) is 1.06. The van der Waals surface area contributed by atoms with Gasteiger partial charge in [-0.05, 0) is 6.92 Å². The first-order valence-corrected chi connectivity index (χ1v) is 1.72. The predicted molar refractivity (Wildman–Crippen MR) is 20.6 cm³/mol. The summed E-state index contributed by atoms with van der Waals surface area (Å²) < 4.78 is 0. The molecule has 2 nitrogen and oxygen atoms in total. The summed E-state index contributed by atoms with van der Waals surface area (Å²) in [5.41, 5.74) is 0. The van der Waals surface area contributed by atoms with Crippen molar-refractivity contribution in [3.05, 3.63) is 12.1 Å². The van der Waals surface area contributed by atoms with Crippen LogP contribution in [0.2, 0.25) is 0 Å². The van der Waals surface area contributed by atoms with Crippen LogP contribution in [0.4, 0.5) is 0 Å². The van der Waals surface area contributed by atoms with Gasteiger partial charge in [0.15, 0.2) is 0 Å². The molecule has 5 heteroatoms. The summed E-state index contributed by atoms with van der Waals surface area (Å²) in [5, 5.41) is 19.0. The zero-order valence-electron chi connectivity index (χ0n) is 5.55. The van der Waals surface area contributed by atoms with Crippen LogP contribution in [0, 0.1) is 0 Å². The third kappa shape index (κ3) is 15.8. The molecule has 0 saturated heterocycles. The van der Waals surface area contributed by atoms with Gasteiger partial charge in [-0.3, -0.25) is 0 Å².